The first kappa shape index (κ1) is 21.3. The molecule has 8 rings (SSSR count). The van der Waals surface area contributed by atoms with Crippen LogP contribution in [-0.2, 0) is 0 Å². The fourth-order valence-corrected chi connectivity index (χ4v) is 6.35. The van der Waals surface area contributed by atoms with E-state index in [-0.39, 0.29) is 12.1 Å². The van der Waals surface area contributed by atoms with E-state index in [1.807, 2.05) is 0 Å². The van der Waals surface area contributed by atoms with Crippen molar-refractivity contribution in [3.63, 3.8) is 0 Å². The standard InChI is InChI=1S/C36H26N2/c1-2-10-26-23(9-1)17-18-24-21-25(19-20-27(24)26)35-28-11-3-5-13-30(28)36(31-14-6-4-12-29(31)35)34-22-37-32-15-7-8-16-33(32)38-34/h1-22,32-33,37-38H. The molecule has 6 aromatic rings. The predicted molar refractivity (Wildman–Crippen MR) is 162 cm³/mol. The van der Waals surface area contributed by atoms with Gasteiger partial charge in [0.1, 0.15) is 0 Å². The number of nitrogens with one attached hydrogen (secondary N) is 2. The molecule has 2 heteroatoms. The third-order valence-electron chi connectivity index (χ3n) is 8.11. The van der Waals surface area contributed by atoms with Crippen molar-refractivity contribution < 1.29 is 0 Å². The molecule has 0 spiro atoms. The summed E-state index contributed by atoms with van der Waals surface area (Å²) in [6.07, 6.45) is 10.8. The molecular formula is C36H26N2. The van der Waals surface area contributed by atoms with Gasteiger partial charge in [-0.2, -0.15) is 0 Å². The molecule has 0 saturated carbocycles. The van der Waals surface area contributed by atoms with Crippen LogP contribution >= 0.6 is 0 Å². The molecule has 1 heterocycles. The molecule has 0 radical (unpaired) electrons. The van der Waals surface area contributed by atoms with Crippen LogP contribution < -0.4 is 10.6 Å². The van der Waals surface area contributed by atoms with Gasteiger partial charge in [-0.1, -0.05) is 121 Å². The summed E-state index contributed by atoms with van der Waals surface area (Å²) in [5, 5.41) is 17.6. The first-order valence-corrected chi connectivity index (χ1v) is 13.3. The van der Waals surface area contributed by atoms with Crippen LogP contribution in [0.3, 0.4) is 0 Å². The molecule has 2 N–H and O–H groups in total. The average Bonchev–Trinajstić information content (AvgIpc) is 2.99. The summed E-state index contributed by atoms with van der Waals surface area (Å²) in [5.74, 6) is 0. The summed E-state index contributed by atoms with van der Waals surface area (Å²) < 4.78 is 0. The molecule has 180 valence electrons. The van der Waals surface area contributed by atoms with Gasteiger partial charge in [-0.3, -0.25) is 0 Å². The lowest BCUT2D eigenvalue weighted by molar-refractivity contribution is 0.545. The second-order valence-electron chi connectivity index (χ2n) is 10.3. The highest BCUT2D eigenvalue weighted by molar-refractivity contribution is 6.19. The summed E-state index contributed by atoms with van der Waals surface area (Å²) in [6, 6.07) is 38.3. The van der Waals surface area contributed by atoms with Gasteiger partial charge in [0.2, 0.25) is 0 Å². The van der Waals surface area contributed by atoms with E-state index in [1.54, 1.807) is 0 Å². The van der Waals surface area contributed by atoms with Crippen LogP contribution in [0.4, 0.5) is 0 Å². The molecule has 0 saturated heterocycles. The van der Waals surface area contributed by atoms with E-state index in [0.717, 1.165) is 5.70 Å². The summed E-state index contributed by atoms with van der Waals surface area (Å²) >= 11 is 0. The summed E-state index contributed by atoms with van der Waals surface area (Å²) in [7, 11) is 0. The van der Waals surface area contributed by atoms with Crippen molar-refractivity contribution in [2.75, 3.05) is 0 Å². The summed E-state index contributed by atoms with van der Waals surface area (Å²) in [6.45, 7) is 0. The van der Waals surface area contributed by atoms with Crippen molar-refractivity contribution in [1.29, 1.82) is 0 Å². The van der Waals surface area contributed by atoms with E-state index < -0.39 is 0 Å². The second kappa shape index (κ2) is 8.36. The zero-order valence-corrected chi connectivity index (χ0v) is 20.9. The molecule has 6 aromatic carbocycles. The Labute approximate surface area is 221 Å². The Bertz CT molecular complexity index is 1940. The normalized spacial score (nSPS) is 18.4. The van der Waals surface area contributed by atoms with Crippen LogP contribution in [0.2, 0.25) is 0 Å². The van der Waals surface area contributed by atoms with E-state index >= 15 is 0 Å². The summed E-state index contributed by atoms with van der Waals surface area (Å²) in [4.78, 5) is 0. The monoisotopic (exact) mass is 486 g/mol. The van der Waals surface area contributed by atoms with E-state index in [0.29, 0.717) is 0 Å². The SMILES string of the molecule is C1=CC2NC=C(c3c4ccccc4c(-c4ccc5c(ccc6ccccc65)c4)c4ccccc34)NC2C=C1. The Morgan fingerprint density at radius 2 is 1.05 bits per heavy atom. The van der Waals surface area contributed by atoms with E-state index in [4.69, 9.17) is 0 Å². The molecule has 2 nitrogen and oxygen atoms in total. The maximum atomic E-state index is 3.82. The molecule has 1 aliphatic heterocycles. The first-order valence-electron chi connectivity index (χ1n) is 13.3. The third kappa shape index (κ3) is 3.20. The van der Waals surface area contributed by atoms with Gasteiger partial charge in [-0.25, -0.2) is 0 Å². The summed E-state index contributed by atoms with van der Waals surface area (Å²) in [5.41, 5.74) is 4.92. The Kier molecular flexibility index (Phi) is 4.68. The smallest absolute Gasteiger partial charge is 0.0685 e. The lowest BCUT2D eigenvalue weighted by atomic mass is 9.86. The van der Waals surface area contributed by atoms with Crippen LogP contribution in [0.5, 0.6) is 0 Å². The maximum Gasteiger partial charge on any atom is 0.0685 e. The number of hydrogen-bond acceptors (Lipinski definition) is 2. The number of fused-ring (bicyclic) bond motifs is 6. The molecule has 0 bridgehead atoms. The van der Waals surface area contributed by atoms with E-state index in [1.165, 1.54) is 59.8 Å². The Morgan fingerprint density at radius 1 is 0.474 bits per heavy atom. The van der Waals surface area contributed by atoms with Crippen LogP contribution in [0.15, 0.2) is 134 Å². The Hall–Kier alpha value is -4.82. The van der Waals surface area contributed by atoms with E-state index in [2.05, 4.69) is 144 Å². The van der Waals surface area contributed by atoms with Gasteiger partial charge in [0, 0.05) is 11.8 Å². The van der Waals surface area contributed by atoms with Crippen molar-refractivity contribution >= 4 is 48.8 Å². The lowest BCUT2D eigenvalue weighted by Crippen LogP contribution is -2.48. The minimum atomic E-state index is 0.229. The molecule has 2 atom stereocenters. The topological polar surface area (TPSA) is 24.1 Å². The highest BCUT2D eigenvalue weighted by Crippen LogP contribution is 2.42. The van der Waals surface area contributed by atoms with Crippen LogP contribution in [0.25, 0.3) is 59.9 Å². The average molecular weight is 487 g/mol. The maximum absolute atomic E-state index is 3.82. The van der Waals surface area contributed by atoms with Gasteiger partial charge >= 0.3 is 0 Å². The highest BCUT2D eigenvalue weighted by atomic mass is 15.1. The molecule has 0 amide bonds. The number of allylic oxidation sites excluding steroid dienone is 2. The number of rotatable bonds is 2. The largest absolute Gasteiger partial charge is 0.381 e. The molecule has 38 heavy (non-hydrogen) atoms. The van der Waals surface area contributed by atoms with Crippen LogP contribution in [0.1, 0.15) is 5.56 Å². The van der Waals surface area contributed by atoms with Crippen molar-refractivity contribution in [2.24, 2.45) is 0 Å². The number of benzene rings is 6. The first-order chi connectivity index (χ1) is 18.8. The minimum absolute atomic E-state index is 0.229. The Morgan fingerprint density at radius 3 is 1.79 bits per heavy atom. The third-order valence-corrected chi connectivity index (χ3v) is 8.11. The van der Waals surface area contributed by atoms with Crippen molar-refractivity contribution in [3.8, 4) is 11.1 Å². The fraction of sp³-hybridized carbons (Fsp3) is 0.0556. The molecule has 1 aliphatic carbocycles. The van der Waals surface area contributed by atoms with Crippen LogP contribution in [-0.4, -0.2) is 12.1 Å². The molecule has 0 aromatic heterocycles. The van der Waals surface area contributed by atoms with Crippen molar-refractivity contribution in [3.05, 3.63) is 139 Å². The van der Waals surface area contributed by atoms with E-state index in [9.17, 15) is 0 Å². The van der Waals surface area contributed by atoms with Crippen LogP contribution in [0, 0.1) is 0 Å². The molecular weight excluding hydrogens is 460 g/mol. The van der Waals surface area contributed by atoms with Gasteiger partial charge in [-0.05, 0) is 60.3 Å². The number of hydrogen-bond donors (Lipinski definition) is 2. The lowest BCUT2D eigenvalue weighted by Gasteiger charge is -2.33. The minimum Gasteiger partial charge on any atom is -0.381 e. The van der Waals surface area contributed by atoms with Crippen molar-refractivity contribution in [1.82, 2.24) is 10.6 Å². The van der Waals surface area contributed by atoms with Gasteiger partial charge in [-0.15, -0.1) is 0 Å². The molecule has 2 aliphatic rings. The second-order valence-corrected chi connectivity index (χ2v) is 10.3. The Balaban J connectivity index is 1.39. The quantitative estimate of drug-likeness (QED) is 0.190. The molecule has 2 unspecified atom stereocenters. The fourth-order valence-electron chi connectivity index (χ4n) is 6.35. The predicted octanol–water partition coefficient (Wildman–Crippen LogP) is 8.32. The zero-order valence-electron chi connectivity index (χ0n) is 20.9. The van der Waals surface area contributed by atoms with Crippen molar-refractivity contribution in [2.45, 2.75) is 12.1 Å². The highest BCUT2D eigenvalue weighted by Gasteiger charge is 2.25. The van der Waals surface area contributed by atoms with Gasteiger partial charge in [0.25, 0.3) is 0 Å². The van der Waals surface area contributed by atoms with Gasteiger partial charge in [0.15, 0.2) is 0 Å². The van der Waals surface area contributed by atoms with Gasteiger partial charge < -0.3 is 10.6 Å². The van der Waals surface area contributed by atoms with Gasteiger partial charge in [0.05, 0.1) is 17.8 Å². The zero-order chi connectivity index (χ0) is 25.1. The molecule has 0 fully saturated rings.